The molecular weight excluding hydrogens is 362 g/mol. The van der Waals surface area contributed by atoms with Gasteiger partial charge in [-0.3, -0.25) is 5.31 Å². The fourth-order valence-corrected chi connectivity index (χ4v) is 3.36. The van der Waals surface area contributed by atoms with Crippen molar-refractivity contribution in [2.24, 2.45) is 0 Å². The van der Waals surface area contributed by atoms with E-state index in [0.717, 1.165) is 0 Å². The predicted molar refractivity (Wildman–Crippen MR) is 77.9 cm³/mol. The highest BCUT2D eigenvalue weighted by Gasteiger charge is 2.72. The molecule has 13 nitrogen and oxygen atoms in total. The third-order valence-electron chi connectivity index (χ3n) is 5.02. The number of ether oxygens (including phenoxy) is 1. The minimum Gasteiger partial charge on any atom is -0.394 e. The summed E-state index contributed by atoms with van der Waals surface area (Å²) in [6.45, 7) is -3.92. The monoisotopic (exact) mass is 388 g/mol. The van der Waals surface area contributed by atoms with Crippen LogP contribution in [0.5, 0.6) is 0 Å². The van der Waals surface area contributed by atoms with Crippen molar-refractivity contribution >= 4 is 0 Å². The lowest BCUT2D eigenvalue weighted by atomic mass is 9.68. The first-order valence-corrected chi connectivity index (χ1v) is 7.73. The molecular formula is C13H25NO12. The van der Waals surface area contributed by atoms with Gasteiger partial charge in [-0.2, -0.15) is 0 Å². The largest absolute Gasteiger partial charge is 0.394 e. The van der Waals surface area contributed by atoms with Crippen LogP contribution in [-0.4, -0.2) is 136 Å². The normalized spacial score (nSPS) is 57.0. The summed E-state index contributed by atoms with van der Waals surface area (Å²) in [6, 6.07) is 0. The molecule has 2 fully saturated rings. The van der Waals surface area contributed by atoms with E-state index in [1.165, 1.54) is 0 Å². The summed E-state index contributed by atoms with van der Waals surface area (Å²) in [6.07, 6.45) is -15.2. The summed E-state index contributed by atoms with van der Waals surface area (Å²) in [5, 5.41) is 110. The second-order valence-corrected chi connectivity index (χ2v) is 6.59. The van der Waals surface area contributed by atoms with Crippen LogP contribution in [0, 0.1) is 0 Å². The Kier molecular flexibility index (Phi) is 5.55. The van der Waals surface area contributed by atoms with Crippen molar-refractivity contribution in [1.82, 2.24) is 5.31 Å². The van der Waals surface area contributed by atoms with Crippen LogP contribution in [-0.2, 0) is 4.74 Å². The zero-order chi connectivity index (χ0) is 20.9. The minimum atomic E-state index is -3.35. The predicted octanol–water partition coefficient (Wildman–Crippen LogP) is -7.75. The lowest BCUT2D eigenvalue weighted by Gasteiger charge is -2.60. The Hall–Kier alpha value is -0.520. The second-order valence-electron chi connectivity index (χ2n) is 6.59. The Morgan fingerprint density at radius 3 is 1.88 bits per heavy atom. The second kappa shape index (κ2) is 7.14. The van der Waals surface area contributed by atoms with Gasteiger partial charge in [0.05, 0.1) is 19.8 Å². The molecule has 13 heteroatoms. The van der Waals surface area contributed by atoms with E-state index in [9.17, 15) is 56.2 Å². The lowest BCUT2D eigenvalue weighted by molar-refractivity contribution is -0.378. The van der Waals surface area contributed by atoms with Gasteiger partial charge in [0.25, 0.3) is 0 Å². The van der Waals surface area contributed by atoms with Crippen LogP contribution >= 0.6 is 0 Å². The van der Waals surface area contributed by atoms with Crippen LogP contribution in [0.25, 0.3) is 0 Å². The van der Waals surface area contributed by atoms with E-state index in [2.05, 4.69) is 0 Å². The number of aliphatic hydroxyl groups is 11. The summed E-state index contributed by atoms with van der Waals surface area (Å²) >= 11 is 0. The average molecular weight is 388 g/mol. The first-order chi connectivity index (χ1) is 12.4. The van der Waals surface area contributed by atoms with Gasteiger partial charge < -0.3 is 60.9 Å². The highest BCUT2D eigenvalue weighted by Crippen LogP contribution is 2.42. The van der Waals surface area contributed by atoms with E-state index in [4.69, 9.17) is 6.15 Å². The molecule has 0 radical (unpaired) electrons. The molecule has 0 aliphatic carbocycles. The van der Waals surface area contributed by atoms with Crippen LogP contribution in [0.3, 0.4) is 0 Å². The van der Waals surface area contributed by atoms with Crippen molar-refractivity contribution in [2.75, 3.05) is 19.8 Å². The van der Waals surface area contributed by atoms with Gasteiger partial charge in [-0.25, -0.2) is 0 Å². The number of nitrogens with one attached hydrogen (secondary N) is 1. The Labute approximate surface area is 148 Å². The Morgan fingerprint density at radius 1 is 0.846 bits per heavy atom. The van der Waals surface area contributed by atoms with Crippen molar-refractivity contribution < 1.29 is 62.3 Å². The van der Waals surface area contributed by atoms with Gasteiger partial charge in [-0.15, -0.1) is 0 Å². The molecule has 26 heavy (non-hydrogen) atoms. The number of hydrogen-bond acceptors (Lipinski definition) is 13. The van der Waals surface area contributed by atoms with Crippen LogP contribution in [0.4, 0.5) is 0 Å². The maximum absolute atomic E-state index is 11.0. The average Bonchev–Trinajstić information content (AvgIpc) is 2.67. The summed E-state index contributed by atoms with van der Waals surface area (Å²) in [5.41, 5.74) is -9.74. The quantitative estimate of drug-likeness (QED) is 0.214. The molecule has 0 amide bonds. The molecule has 1 unspecified atom stereocenters. The molecule has 2 heterocycles. The number of hydrogen-bond donors (Lipinski definition) is 12. The fourth-order valence-electron chi connectivity index (χ4n) is 3.36. The van der Waals surface area contributed by atoms with Crippen molar-refractivity contribution in [2.45, 2.75) is 59.8 Å². The molecule has 0 aromatic rings. The van der Waals surface area contributed by atoms with Gasteiger partial charge in [0.2, 0.25) is 0 Å². The Balaban J connectivity index is 2.60. The van der Waals surface area contributed by atoms with Gasteiger partial charge in [-0.1, -0.05) is 0 Å². The van der Waals surface area contributed by atoms with E-state index < -0.39 is 79.6 Å². The van der Waals surface area contributed by atoms with Crippen molar-refractivity contribution in [1.29, 1.82) is 0 Å². The molecule has 2 aliphatic heterocycles. The number of aliphatic hydroxyl groups excluding tert-OH is 8. The van der Waals surface area contributed by atoms with Gasteiger partial charge in [0.15, 0.2) is 17.1 Å². The zero-order valence-electron chi connectivity index (χ0n) is 14.4. The van der Waals surface area contributed by atoms with Crippen LogP contribution in [0.2, 0.25) is 1.41 Å². The van der Waals surface area contributed by atoms with Crippen molar-refractivity contribution in [3.63, 3.8) is 0 Å². The molecule has 0 spiro atoms. The maximum atomic E-state index is 11.0. The Bertz CT molecular complexity index is 543. The molecule has 154 valence electrons. The topological polar surface area (TPSA) is 244 Å². The van der Waals surface area contributed by atoms with Gasteiger partial charge in [-0.05, 0) is 0 Å². The molecule has 10 atom stereocenters. The molecule has 0 saturated carbocycles. The number of rotatable bonds is 4. The first-order valence-electron chi connectivity index (χ1n) is 8.17. The zero-order valence-corrected chi connectivity index (χ0v) is 13.4. The van der Waals surface area contributed by atoms with Crippen LogP contribution in [0.15, 0.2) is 0 Å². The maximum Gasteiger partial charge on any atom is 0.176 e. The van der Waals surface area contributed by atoms with Gasteiger partial charge in [0.1, 0.15) is 44.1 Å². The minimum absolute atomic E-state index is 0.362. The highest BCUT2D eigenvalue weighted by atomic mass is 16.6. The summed E-state index contributed by atoms with van der Waals surface area (Å²) in [5.74, 6) is 0. The highest BCUT2D eigenvalue weighted by molar-refractivity contribution is 5.20. The molecule has 0 aromatic carbocycles. The molecule has 2 saturated heterocycles. The lowest BCUT2D eigenvalue weighted by Crippen LogP contribution is -2.89. The smallest absolute Gasteiger partial charge is 0.176 e. The van der Waals surface area contributed by atoms with E-state index in [1.54, 1.807) is 0 Å². The van der Waals surface area contributed by atoms with E-state index in [0.29, 0.717) is 0 Å². The summed E-state index contributed by atoms with van der Waals surface area (Å²) in [7, 11) is 0. The van der Waals surface area contributed by atoms with Crippen LogP contribution in [0.1, 0.15) is 0 Å². The standard InChI is InChI=1S/C13H25NO12/c15-1-4-5(18)6(19)7(20)10(26-4)13(25)9(22)8(21)11(23,2-16)14-12(13,24)3-17/h4-10,14-25H,1-3H2/t4-,5-,6+,7-,8-,9+,10?,11-,12-,13+/m1/s1/i/hD. The van der Waals surface area contributed by atoms with Crippen molar-refractivity contribution in [3.05, 3.63) is 0 Å². The van der Waals surface area contributed by atoms with E-state index in [-0.39, 0.29) is 5.31 Å². The van der Waals surface area contributed by atoms with Crippen LogP contribution < -0.4 is 5.31 Å². The first kappa shape index (κ1) is 20.2. The SMILES string of the molecule is [2H]N1[C@@](O)(CO)[C@H](O)[C@H](O)[C@](O)(C2O[C@H](CO)[C@@H](O)[C@H](O)[C@H]2O)[C@]1(O)CO. The molecule has 12 N–H and O–H groups in total. The van der Waals surface area contributed by atoms with E-state index in [1.807, 2.05) is 0 Å². The Morgan fingerprint density at radius 2 is 1.42 bits per heavy atom. The third-order valence-corrected chi connectivity index (χ3v) is 5.02. The molecule has 0 aromatic heterocycles. The fraction of sp³-hybridized carbons (Fsp3) is 1.00. The van der Waals surface area contributed by atoms with Crippen molar-refractivity contribution in [3.8, 4) is 0 Å². The van der Waals surface area contributed by atoms with E-state index >= 15 is 0 Å². The van der Waals surface area contributed by atoms with Gasteiger partial charge >= 0.3 is 0 Å². The van der Waals surface area contributed by atoms with Gasteiger partial charge in [0, 0.05) is 0 Å². The molecule has 2 aliphatic rings. The number of piperidine rings is 1. The third kappa shape index (κ3) is 2.85. The summed E-state index contributed by atoms with van der Waals surface area (Å²) in [4.78, 5) is 0. The molecule has 0 bridgehead atoms. The molecule has 2 rings (SSSR count). The summed E-state index contributed by atoms with van der Waals surface area (Å²) < 4.78 is 12.9.